The highest BCUT2D eigenvalue weighted by atomic mass is 32.1. The topological polar surface area (TPSA) is 144 Å². The molecule has 1 atom stereocenters. The Morgan fingerprint density at radius 2 is 1.95 bits per heavy atom. The predicted octanol–water partition coefficient (Wildman–Crippen LogP) is 4.38. The van der Waals surface area contributed by atoms with E-state index in [1.54, 1.807) is 35.7 Å². The smallest absolute Gasteiger partial charge is 0.328 e. The van der Waals surface area contributed by atoms with Gasteiger partial charge in [-0.1, -0.05) is 24.3 Å². The number of halogens is 1. The fraction of sp³-hybridized carbons (Fsp3) is 0.167. The number of urea groups is 1. The van der Waals surface area contributed by atoms with Crippen LogP contribution >= 0.6 is 11.3 Å². The summed E-state index contributed by atoms with van der Waals surface area (Å²) in [6.45, 7) is 0.634. The van der Waals surface area contributed by atoms with Crippen molar-refractivity contribution in [3.8, 4) is 5.75 Å². The van der Waals surface area contributed by atoms with Crippen LogP contribution in [0.25, 0.3) is 0 Å². The first-order valence-corrected chi connectivity index (χ1v) is 14.2. The van der Waals surface area contributed by atoms with Crippen molar-refractivity contribution in [3.63, 3.8) is 0 Å². The van der Waals surface area contributed by atoms with E-state index < -0.39 is 29.7 Å². The number of phenolic OH excluding ortho intramolecular Hbond substituents is 1. The lowest BCUT2D eigenvalue weighted by molar-refractivity contribution is -0.121. The molecule has 0 saturated carbocycles. The number of aromatic nitrogens is 1. The van der Waals surface area contributed by atoms with Gasteiger partial charge in [0.05, 0.1) is 5.56 Å². The van der Waals surface area contributed by atoms with Crippen molar-refractivity contribution in [1.82, 2.24) is 15.2 Å². The lowest BCUT2D eigenvalue weighted by Crippen LogP contribution is -2.49. The van der Waals surface area contributed by atoms with E-state index in [0.717, 1.165) is 23.8 Å². The predicted molar refractivity (Wildman–Crippen MR) is 157 cm³/mol. The molecule has 13 heteroatoms. The van der Waals surface area contributed by atoms with Crippen molar-refractivity contribution in [3.05, 3.63) is 100 Å². The molecule has 0 bridgehead atoms. The first-order valence-electron chi connectivity index (χ1n) is 13.3. The zero-order chi connectivity index (χ0) is 30.1. The molecule has 218 valence electrons. The number of aromatic hydroxyl groups is 1. The van der Waals surface area contributed by atoms with Crippen LogP contribution < -0.4 is 20.9 Å². The quantitative estimate of drug-likeness (QED) is 0.235. The minimum Gasteiger partial charge on any atom is -0.508 e. The molecule has 11 nitrogen and oxygen atoms in total. The number of fused-ring (bicyclic) bond motifs is 1. The van der Waals surface area contributed by atoms with Gasteiger partial charge in [-0.2, -0.15) is 0 Å². The van der Waals surface area contributed by atoms with E-state index in [-0.39, 0.29) is 36.7 Å². The van der Waals surface area contributed by atoms with Crippen molar-refractivity contribution < 1.29 is 28.7 Å². The van der Waals surface area contributed by atoms with E-state index in [1.165, 1.54) is 27.3 Å². The summed E-state index contributed by atoms with van der Waals surface area (Å²) in [6.07, 6.45) is 1.72. The minimum absolute atomic E-state index is 0.0495. The number of carbonyl (C=O) groups excluding carboxylic acids is 4. The Hall–Kier alpha value is -5.30. The largest absolute Gasteiger partial charge is 0.508 e. The van der Waals surface area contributed by atoms with Gasteiger partial charge in [-0.3, -0.25) is 29.9 Å². The van der Waals surface area contributed by atoms with Gasteiger partial charge in [0.25, 0.3) is 11.8 Å². The molecule has 6 rings (SSSR count). The van der Waals surface area contributed by atoms with E-state index in [4.69, 9.17) is 0 Å². The SMILES string of the molecule is O=C1CCN(c2cccc(CNc3cccc4c3C(=O)N(C(C(=O)Nc3nccs3)c3cc(F)ccc3O)C4)c2)C(=O)N1. The van der Waals surface area contributed by atoms with E-state index >= 15 is 0 Å². The first kappa shape index (κ1) is 27.8. The zero-order valence-corrected chi connectivity index (χ0v) is 23.4. The van der Waals surface area contributed by atoms with Crippen molar-refractivity contribution >= 4 is 51.6 Å². The van der Waals surface area contributed by atoms with E-state index in [9.17, 15) is 28.7 Å². The van der Waals surface area contributed by atoms with Crippen molar-refractivity contribution in [2.75, 3.05) is 22.1 Å². The monoisotopic (exact) mass is 600 g/mol. The number of anilines is 3. The number of rotatable bonds is 8. The summed E-state index contributed by atoms with van der Waals surface area (Å²) in [5.41, 5.74) is 2.95. The number of nitrogens with zero attached hydrogens (tertiary/aromatic N) is 3. The zero-order valence-electron chi connectivity index (χ0n) is 22.5. The Labute approximate surface area is 249 Å². The van der Waals surface area contributed by atoms with Gasteiger partial charge < -0.3 is 15.3 Å². The van der Waals surface area contributed by atoms with Crippen LogP contribution in [0.4, 0.5) is 25.7 Å². The van der Waals surface area contributed by atoms with Gasteiger partial charge in [-0.15, -0.1) is 11.3 Å². The van der Waals surface area contributed by atoms with E-state index in [0.29, 0.717) is 34.2 Å². The molecular weight excluding hydrogens is 575 g/mol. The molecule has 2 aliphatic rings. The highest BCUT2D eigenvalue weighted by molar-refractivity contribution is 7.13. The maximum atomic E-state index is 14.3. The molecule has 2 aliphatic heterocycles. The number of hydrogen-bond acceptors (Lipinski definition) is 8. The Bertz CT molecular complexity index is 1750. The summed E-state index contributed by atoms with van der Waals surface area (Å²) in [4.78, 5) is 58.1. The molecular formula is C30H25FN6O5S. The summed E-state index contributed by atoms with van der Waals surface area (Å²) in [5.74, 6) is -2.42. The van der Waals surface area contributed by atoms with Crippen LogP contribution in [0, 0.1) is 5.82 Å². The van der Waals surface area contributed by atoms with Crippen molar-refractivity contribution in [2.45, 2.75) is 25.6 Å². The standard InChI is InChI=1S/C30H25FN6O5S/c31-19-7-8-23(38)21(14-19)26(27(40)35-29-32-10-12-43-29)37-16-18-4-2-6-22(25(18)28(37)41)33-15-17-3-1-5-20(13-17)36-11-9-24(39)34-30(36)42/h1-8,10,12-14,26,33,38H,9,11,15-16H2,(H,32,35,40)(H,34,39,42). The molecule has 0 spiro atoms. The van der Waals surface area contributed by atoms with Crippen LogP contribution in [0.1, 0.15) is 39.5 Å². The van der Waals surface area contributed by atoms with Crippen LogP contribution in [0.15, 0.2) is 72.2 Å². The van der Waals surface area contributed by atoms with E-state index in [2.05, 4.69) is 20.9 Å². The molecule has 3 heterocycles. The van der Waals surface area contributed by atoms with Crippen LogP contribution in [-0.2, 0) is 22.7 Å². The second kappa shape index (κ2) is 11.5. The van der Waals surface area contributed by atoms with Crippen molar-refractivity contribution in [1.29, 1.82) is 0 Å². The minimum atomic E-state index is -1.34. The lowest BCUT2D eigenvalue weighted by atomic mass is 10.0. The molecule has 3 aromatic carbocycles. The summed E-state index contributed by atoms with van der Waals surface area (Å²) in [5, 5.41) is 20.8. The van der Waals surface area contributed by atoms with Crippen LogP contribution in [0.5, 0.6) is 5.75 Å². The molecule has 5 amide bonds. The summed E-state index contributed by atoms with van der Waals surface area (Å²) in [6, 6.07) is 14.0. The van der Waals surface area contributed by atoms with Gasteiger partial charge in [-0.05, 0) is 47.5 Å². The maximum Gasteiger partial charge on any atom is 0.328 e. The molecule has 1 aromatic heterocycles. The second-order valence-corrected chi connectivity index (χ2v) is 10.9. The van der Waals surface area contributed by atoms with Gasteiger partial charge in [0.2, 0.25) is 5.91 Å². The third-order valence-electron chi connectivity index (χ3n) is 7.23. The summed E-state index contributed by atoms with van der Waals surface area (Å²) in [7, 11) is 0. The number of benzene rings is 3. The number of carbonyl (C=O) groups is 4. The number of thiazole rings is 1. The molecule has 1 unspecified atom stereocenters. The number of imide groups is 1. The third-order valence-corrected chi connectivity index (χ3v) is 7.92. The molecule has 4 aromatic rings. The number of hydrogen-bond donors (Lipinski definition) is 4. The molecule has 0 radical (unpaired) electrons. The highest BCUT2D eigenvalue weighted by Gasteiger charge is 2.40. The third kappa shape index (κ3) is 5.62. The van der Waals surface area contributed by atoms with Crippen LogP contribution in [0.3, 0.4) is 0 Å². The summed E-state index contributed by atoms with van der Waals surface area (Å²) >= 11 is 1.19. The molecule has 1 saturated heterocycles. The fourth-order valence-electron chi connectivity index (χ4n) is 5.24. The molecule has 4 N–H and O–H groups in total. The molecule has 0 aliphatic carbocycles. The van der Waals surface area contributed by atoms with Gasteiger partial charge in [-0.25, -0.2) is 14.2 Å². The molecule has 1 fully saturated rings. The van der Waals surface area contributed by atoms with Crippen molar-refractivity contribution in [2.24, 2.45) is 0 Å². The Kier molecular flexibility index (Phi) is 7.47. The maximum absolute atomic E-state index is 14.3. The molecule has 43 heavy (non-hydrogen) atoms. The Morgan fingerprint density at radius 1 is 1.12 bits per heavy atom. The lowest BCUT2D eigenvalue weighted by Gasteiger charge is -2.27. The fourth-order valence-corrected chi connectivity index (χ4v) is 5.77. The highest BCUT2D eigenvalue weighted by Crippen LogP contribution is 2.39. The van der Waals surface area contributed by atoms with Crippen LogP contribution in [-0.4, -0.2) is 45.3 Å². The Morgan fingerprint density at radius 3 is 2.74 bits per heavy atom. The average molecular weight is 601 g/mol. The summed E-state index contributed by atoms with van der Waals surface area (Å²) < 4.78 is 14.3. The second-order valence-electron chi connectivity index (χ2n) is 9.98. The average Bonchev–Trinajstić information content (AvgIpc) is 3.62. The Balaban J connectivity index is 1.25. The van der Waals surface area contributed by atoms with Gasteiger partial charge in [0.15, 0.2) is 5.13 Å². The van der Waals surface area contributed by atoms with Gasteiger partial charge >= 0.3 is 6.03 Å². The van der Waals surface area contributed by atoms with Gasteiger partial charge in [0, 0.05) is 54.6 Å². The first-order chi connectivity index (χ1) is 20.8. The van der Waals surface area contributed by atoms with Crippen LogP contribution in [0.2, 0.25) is 0 Å². The van der Waals surface area contributed by atoms with Gasteiger partial charge in [0.1, 0.15) is 17.6 Å². The normalized spacial score (nSPS) is 15.2. The number of nitrogens with one attached hydrogen (secondary N) is 3. The number of amides is 5. The number of phenols is 1. The van der Waals surface area contributed by atoms with E-state index in [1.807, 2.05) is 12.1 Å².